The second-order valence-electron chi connectivity index (χ2n) is 3.64. The lowest BCUT2D eigenvalue weighted by molar-refractivity contribution is 0.172. The largest absolute Gasteiger partial charge is 0.314 e. The minimum absolute atomic E-state index is 0.494. The molecule has 1 saturated heterocycles. The Labute approximate surface area is 81.9 Å². The summed E-state index contributed by atoms with van der Waals surface area (Å²) in [4.78, 5) is 2.47. The molecule has 13 heavy (non-hydrogen) atoms. The average molecular weight is 184 g/mol. The van der Waals surface area contributed by atoms with Gasteiger partial charge in [0.1, 0.15) is 0 Å². The first-order valence-electron chi connectivity index (χ1n) is 5.41. The van der Waals surface area contributed by atoms with Gasteiger partial charge in [0, 0.05) is 25.7 Å². The summed E-state index contributed by atoms with van der Waals surface area (Å²) in [5.41, 5.74) is 0. The van der Waals surface area contributed by atoms with Crippen molar-refractivity contribution in [2.24, 2.45) is 0 Å². The second-order valence-corrected chi connectivity index (χ2v) is 3.64. The van der Waals surface area contributed by atoms with Gasteiger partial charge in [-0.15, -0.1) is 0 Å². The smallest absolute Gasteiger partial charge is 0.0524 e. The lowest BCUT2D eigenvalue weighted by Gasteiger charge is -2.35. The van der Waals surface area contributed by atoms with Crippen molar-refractivity contribution in [1.82, 2.24) is 15.5 Å². The van der Waals surface area contributed by atoms with E-state index in [9.17, 15) is 0 Å². The number of hydrogen-bond donors (Lipinski definition) is 1. The van der Waals surface area contributed by atoms with Gasteiger partial charge in [0.15, 0.2) is 0 Å². The Hall–Kier alpha value is -0.120. The summed E-state index contributed by atoms with van der Waals surface area (Å²) in [6, 6.07) is 1.08. The van der Waals surface area contributed by atoms with Crippen LogP contribution in [0.25, 0.3) is 0 Å². The van der Waals surface area contributed by atoms with Gasteiger partial charge in [-0.25, -0.2) is 5.32 Å². The van der Waals surface area contributed by atoms with Crippen molar-refractivity contribution in [3.05, 3.63) is 0 Å². The highest BCUT2D eigenvalue weighted by atomic mass is 15.2. The van der Waals surface area contributed by atoms with Gasteiger partial charge in [0.25, 0.3) is 0 Å². The molecule has 3 nitrogen and oxygen atoms in total. The van der Waals surface area contributed by atoms with Gasteiger partial charge >= 0.3 is 0 Å². The van der Waals surface area contributed by atoms with Crippen molar-refractivity contribution < 1.29 is 0 Å². The number of piperazine rings is 1. The molecule has 2 unspecified atom stereocenters. The first kappa shape index (κ1) is 11.0. The number of rotatable bonds is 4. The molecule has 1 radical (unpaired) electrons. The molecule has 0 aromatic carbocycles. The first-order chi connectivity index (χ1) is 6.29. The van der Waals surface area contributed by atoms with Gasteiger partial charge < -0.3 is 5.32 Å². The van der Waals surface area contributed by atoms with Crippen molar-refractivity contribution in [2.75, 3.05) is 32.7 Å². The molecule has 1 fully saturated rings. The third-order valence-corrected chi connectivity index (χ3v) is 2.95. The monoisotopic (exact) mass is 184 g/mol. The third kappa shape index (κ3) is 2.93. The van der Waals surface area contributed by atoms with E-state index >= 15 is 0 Å². The van der Waals surface area contributed by atoms with Crippen LogP contribution in [0.4, 0.5) is 0 Å². The number of hydrogen-bond acceptors (Lipinski definition) is 2. The zero-order valence-electron chi connectivity index (χ0n) is 9.08. The van der Waals surface area contributed by atoms with Crippen LogP contribution in [0.2, 0.25) is 0 Å². The van der Waals surface area contributed by atoms with E-state index in [2.05, 4.69) is 36.3 Å². The van der Waals surface area contributed by atoms with Gasteiger partial charge in [0.2, 0.25) is 0 Å². The molecule has 0 saturated carbocycles. The maximum absolute atomic E-state index is 4.64. The summed E-state index contributed by atoms with van der Waals surface area (Å²) in [6.45, 7) is 12.1. The summed E-state index contributed by atoms with van der Waals surface area (Å²) in [7, 11) is 0. The van der Waals surface area contributed by atoms with Crippen LogP contribution in [0.15, 0.2) is 0 Å². The summed E-state index contributed by atoms with van der Waals surface area (Å²) in [5.74, 6) is 0. The maximum Gasteiger partial charge on any atom is 0.0524 e. The topological polar surface area (TPSA) is 29.4 Å². The third-order valence-electron chi connectivity index (χ3n) is 2.95. The molecule has 3 heteroatoms. The lowest BCUT2D eigenvalue weighted by Crippen LogP contribution is -2.54. The highest BCUT2D eigenvalue weighted by molar-refractivity contribution is 4.85. The normalized spacial score (nSPS) is 26.3. The fourth-order valence-electron chi connectivity index (χ4n) is 1.99. The molecule has 1 aliphatic rings. The van der Waals surface area contributed by atoms with E-state index in [-0.39, 0.29) is 0 Å². The minimum atomic E-state index is 0.494. The van der Waals surface area contributed by atoms with Crippen molar-refractivity contribution in [3.63, 3.8) is 0 Å². The summed E-state index contributed by atoms with van der Waals surface area (Å²) in [6.07, 6.45) is 0. The Morgan fingerprint density at radius 1 is 1.46 bits per heavy atom. The minimum Gasteiger partial charge on any atom is -0.314 e. The molecule has 1 aliphatic heterocycles. The van der Waals surface area contributed by atoms with E-state index in [0.717, 1.165) is 32.7 Å². The molecule has 1 rings (SSSR count). The van der Waals surface area contributed by atoms with Crippen LogP contribution in [-0.4, -0.2) is 49.7 Å². The second kappa shape index (κ2) is 5.58. The fraction of sp³-hybridized carbons (Fsp3) is 1.00. The van der Waals surface area contributed by atoms with Crippen molar-refractivity contribution in [2.45, 2.75) is 32.9 Å². The SMILES string of the molecule is CCN(CC)C(C)C1CNCC[N]1. The molecule has 0 aromatic heterocycles. The van der Waals surface area contributed by atoms with Crippen LogP contribution in [-0.2, 0) is 0 Å². The Kier molecular flexibility index (Phi) is 4.70. The van der Waals surface area contributed by atoms with Gasteiger partial charge in [-0.05, 0) is 20.0 Å². The van der Waals surface area contributed by atoms with Crippen LogP contribution in [0.3, 0.4) is 0 Å². The van der Waals surface area contributed by atoms with Gasteiger partial charge in [-0.2, -0.15) is 0 Å². The van der Waals surface area contributed by atoms with E-state index in [4.69, 9.17) is 0 Å². The summed E-state index contributed by atoms with van der Waals surface area (Å²) >= 11 is 0. The zero-order chi connectivity index (χ0) is 9.68. The molecule has 0 bridgehead atoms. The molecule has 0 aromatic rings. The standard InChI is InChI=1S/C10H22N3/c1-4-13(5-2)9(3)10-8-11-6-7-12-10/h9-11H,4-8H2,1-3H3. The van der Waals surface area contributed by atoms with Crippen LogP contribution in [0.5, 0.6) is 0 Å². The van der Waals surface area contributed by atoms with Crippen molar-refractivity contribution >= 4 is 0 Å². The predicted octanol–water partition coefficient (Wildman–Crippen LogP) is 0.293. The highest BCUT2D eigenvalue weighted by Gasteiger charge is 2.23. The quantitative estimate of drug-likeness (QED) is 0.680. The molecule has 77 valence electrons. The fourth-order valence-corrected chi connectivity index (χ4v) is 1.99. The molecule has 0 spiro atoms. The van der Waals surface area contributed by atoms with E-state index in [1.165, 1.54) is 0 Å². The molecule has 2 atom stereocenters. The number of nitrogens with one attached hydrogen (secondary N) is 1. The van der Waals surface area contributed by atoms with Gasteiger partial charge in [-0.1, -0.05) is 13.8 Å². The Balaban J connectivity index is 2.38. The number of nitrogens with zero attached hydrogens (tertiary/aromatic N) is 2. The summed E-state index contributed by atoms with van der Waals surface area (Å²) < 4.78 is 0. The molecular weight excluding hydrogens is 162 g/mol. The Bertz CT molecular complexity index is 128. The lowest BCUT2D eigenvalue weighted by atomic mass is 10.1. The molecular formula is C10H22N3. The van der Waals surface area contributed by atoms with Gasteiger partial charge in [0.05, 0.1) is 6.04 Å². The Morgan fingerprint density at radius 3 is 2.62 bits per heavy atom. The maximum atomic E-state index is 4.64. The zero-order valence-corrected chi connectivity index (χ0v) is 9.08. The van der Waals surface area contributed by atoms with Crippen LogP contribution < -0.4 is 10.6 Å². The molecule has 1 N–H and O–H groups in total. The van der Waals surface area contributed by atoms with Gasteiger partial charge in [-0.3, -0.25) is 4.90 Å². The predicted molar refractivity (Wildman–Crippen MR) is 56.0 cm³/mol. The first-order valence-corrected chi connectivity index (χ1v) is 5.41. The van der Waals surface area contributed by atoms with E-state index in [0.29, 0.717) is 12.1 Å². The highest BCUT2D eigenvalue weighted by Crippen LogP contribution is 2.05. The molecule has 0 aliphatic carbocycles. The molecule has 0 amide bonds. The van der Waals surface area contributed by atoms with Crippen molar-refractivity contribution in [3.8, 4) is 0 Å². The van der Waals surface area contributed by atoms with Crippen LogP contribution in [0.1, 0.15) is 20.8 Å². The van der Waals surface area contributed by atoms with E-state index < -0.39 is 0 Å². The van der Waals surface area contributed by atoms with Crippen LogP contribution >= 0.6 is 0 Å². The van der Waals surface area contributed by atoms with Crippen LogP contribution in [0, 0.1) is 0 Å². The molecule has 1 heterocycles. The summed E-state index contributed by atoms with van der Waals surface area (Å²) in [5, 5.41) is 8.04. The Morgan fingerprint density at radius 2 is 2.15 bits per heavy atom. The van der Waals surface area contributed by atoms with Crippen molar-refractivity contribution in [1.29, 1.82) is 0 Å². The average Bonchev–Trinajstić information content (AvgIpc) is 2.21. The number of likely N-dealkylation sites (N-methyl/N-ethyl adjacent to an activating group) is 1. The van der Waals surface area contributed by atoms with E-state index in [1.54, 1.807) is 0 Å². The van der Waals surface area contributed by atoms with E-state index in [1.807, 2.05) is 0 Å².